The van der Waals surface area contributed by atoms with E-state index in [1.54, 1.807) is 0 Å². The van der Waals surface area contributed by atoms with Gasteiger partial charge in [0.1, 0.15) is 22.9 Å². The Morgan fingerprint density at radius 1 is 1.06 bits per heavy atom. The van der Waals surface area contributed by atoms with E-state index in [0.29, 0.717) is 30.1 Å². The Hall–Kier alpha value is -3.28. The van der Waals surface area contributed by atoms with Crippen molar-refractivity contribution in [3.8, 4) is 22.8 Å². The number of ether oxygens (including phenoxy) is 1. The van der Waals surface area contributed by atoms with Gasteiger partial charge in [0.15, 0.2) is 0 Å². The van der Waals surface area contributed by atoms with E-state index in [1.165, 1.54) is 19.3 Å². The summed E-state index contributed by atoms with van der Waals surface area (Å²) in [6, 6.07) is 11.6. The average molecular weight is 462 g/mol. The van der Waals surface area contributed by atoms with E-state index in [9.17, 15) is 9.90 Å². The largest absolute Gasteiger partial charge is 0.507 e. The van der Waals surface area contributed by atoms with Crippen LogP contribution in [0.5, 0.6) is 11.5 Å². The first-order valence-corrected chi connectivity index (χ1v) is 12.4. The molecule has 3 aromatic rings. The van der Waals surface area contributed by atoms with Gasteiger partial charge >= 0.3 is 0 Å². The third-order valence-electron chi connectivity index (χ3n) is 6.49. The van der Waals surface area contributed by atoms with Crippen LogP contribution in [-0.2, 0) is 0 Å². The summed E-state index contributed by atoms with van der Waals surface area (Å²) in [4.78, 5) is 15.2. The summed E-state index contributed by atoms with van der Waals surface area (Å²) in [5.41, 5.74) is 5.44. The molecule has 0 saturated carbocycles. The summed E-state index contributed by atoms with van der Waals surface area (Å²) in [6.45, 7) is 9.50. The maximum Gasteiger partial charge on any atom is 0.273 e. The summed E-state index contributed by atoms with van der Waals surface area (Å²) < 4.78 is 5.92. The van der Waals surface area contributed by atoms with Gasteiger partial charge in [0.2, 0.25) is 0 Å². The Bertz CT molecular complexity index is 1150. The minimum absolute atomic E-state index is 0.0549. The molecule has 0 aliphatic carbocycles. The molecule has 1 aromatic heterocycles. The Morgan fingerprint density at radius 3 is 2.53 bits per heavy atom. The van der Waals surface area contributed by atoms with E-state index in [2.05, 4.69) is 24.0 Å². The lowest BCUT2D eigenvalue weighted by Crippen LogP contribution is -2.30. The number of fused-ring (bicyclic) bond motifs is 1. The molecule has 0 radical (unpaired) electrons. The fourth-order valence-corrected chi connectivity index (χ4v) is 4.83. The lowest BCUT2D eigenvalue weighted by molar-refractivity contribution is 0.0744. The summed E-state index contributed by atoms with van der Waals surface area (Å²) >= 11 is 0. The van der Waals surface area contributed by atoms with Crippen molar-refractivity contribution in [1.82, 2.24) is 15.1 Å². The fourth-order valence-electron chi connectivity index (χ4n) is 4.83. The second kappa shape index (κ2) is 10.3. The Balaban J connectivity index is 1.68. The molecule has 6 heteroatoms. The minimum Gasteiger partial charge on any atom is -0.507 e. The highest BCUT2D eigenvalue weighted by Crippen LogP contribution is 2.45. The second-order valence-electron chi connectivity index (χ2n) is 9.22. The standard InChI is InChI=1S/C28H35N3O3/c1-5-7-8-9-15-34-21-12-10-20(11-13-21)26-23-24(22-17-18(3)16-19(4)27(22)32)29-30-25(23)28(33)31(26)14-6-2/h10-13,16-17,26,32H,5-9,14-15H2,1-4H3,(H,29,30). The number of phenolic OH excluding ortho intramolecular Hbond substituents is 1. The van der Waals surface area contributed by atoms with Crippen LogP contribution < -0.4 is 4.74 Å². The topological polar surface area (TPSA) is 78.5 Å². The van der Waals surface area contributed by atoms with Gasteiger partial charge in [-0.05, 0) is 61.6 Å². The maximum absolute atomic E-state index is 13.3. The van der Waals surface area contributed by atoms with E-state index in [4.69, 9.17) is 4.74 Å². The van der Waals surface area contributed by atoms with Gasteiger partial charge < -0.3 is 14.7 Å². The highest BCUT2D eigenvalue weighted by atomic mass is 16.5. The number of nitrogens with zero attached hydrogens (tertiary/aromatic N) is 2. The predicted molar refractivity (Wildman–Crippen MR) is 134 cm³/mol. The Labute approximate surface area is 202 Å². The Kier molecular flexibility index (Phi) is 7.25. The van der Waals surface area contributed by atoms with Crippen LogP contribution in [0.25, 0.3) is 11.3 Å². The first-order valence-electron chi connectivity index (χ1n) is 12.4. The number of hydrogen-bond acceptors (Lipinski definition) is 4. The number of carbonyl (C=O) groups is 1. The number of aromatic amines is 1. The zero-order valence-electron chi connectivity index (χ0n) is 20.6. The van der Waals surface area contributed by atoms with Crippen molar-refractivity contribution in [2.24, 2.45) is 0 Å². The normalized spacial score (nSPS) is 15.1. The van der Waals surface area contributed by atoms with Gasteiger partial charge in [-0.15, -0.1) is 0 Å². The molecule has 1 aliphatic heterocycles. The zero-order valence-corrected chi connectivity index (χ0v) is 20.6. The lowest BCUT2D eigenvalue weighted by atomic mass is 9.94. The molecule has 0 saturated heterocycles. The molecule has 0 fully saturated rings. The average Bonchev–Trinajstić information content (AvgIpc) is 3.36. The van der Waals surface area contributed by atoms with E-state index in [1.807, 2.05) is 55.1 Å². The van der Waals surface area contributed by atoms with E-state index in [-0.39, 0.29) is 17.7 Å². The Morgan fingerprint density at radius 2 is 1.82 bits per heavy atom. The van der Waals surface area contributed by atoms with Crippen molar-refractivity contribution < 1.29 is 14.6 Å². The van der Waals surface area contributed by atoms with Crippen molar-refractivity contribution in [2.45, 2.75) is 65.8 Å². The molecule has 2 aromatic carbocycles. The molecule has 0 spiro atoms. The quantitative estimate of drug-likeness (QED) is 0.347. The molecule has 34 heavy (non-hydrogen) atoms. The van der Waals surface area contributed by atoms with Crippen LogP contribution in [-0.4, -0.2) is 39.3 Å². The molecule has 2 heterocycles. The predicted octanol–water partition coefficient (Wildman–Crippen LogP) is 6.31. The monoisotopic (exact) mass is 461 g/mol. The molecular weight excluding hydrogens is 426 g/mol. The number of rotatable bonds is 10. The number of aromatic nitrogens is 2. The number of hydrogen-bond donors (Lipinski definition) is 2. The third-order valence-corrected chi connectivity index (χ3v) is 6.49. The number of benzene rings is 2. The van der Waals surface area contributed by atoms with Crippen LogP contribution in [0.4, 0.5) is 0 Å². The van der Waals surface area contributed by atoms with E-state index < -0.39 is 0 Å². The SMILES string of the molecule is CCCCCCOc1ccc(C2c3c(-c4cc(C)cc(C)c4O)n[nH]c3C(=O)N2CCC)cc1. The van der Waals surface area contributed by atoms with Gasteiger partial charge in [0.05, 0.1) is 12.6 Å². The van der Waals surface area contributed by atoms with Gasteiger partial charge in [0, 0.05) is 17.7 Å². The number of unbranched alkanes of at least 4 members (excludes halogenated alkanes) is 3. The van der Waals surface area contributed by atoms with Gasteiger partial charge in [-0.25, -0.2) is 0 Å². The first kappa shape index (κ1) is 23.9. The van der Waals surface area contributed by atoms with Crippen LogP contribution in [0.15, 0.2) is 36.4 Å². The molecule has 1 aliphatic rings. The van der Waals surface area contributed by atoms with Crippen molar-refractivity contribution >= 4 is 5.91 Å². The molecule has 2 N–H and O–H groups in total. The highest BCUT2D eigenvalue weighted by molar-refractivity contribution is 6.00. The lowest BCUT2D eigenvalue weighted by Gasteiger charge is -2.26. The number of H-pyrrole nitrogens is 1. The first-order chi connectivity index (χ1) is 16.5. The van der Waals surface area contributed by atoms with Crippen molar-refractivity contribution in [1.29, 1.82) is 0 Å². The minimum atomic E-state index is -0.268. The molecule has 180 valence electrons. The van der Waals surface area contributed by atoms with Gasteiger partial charge in [0.25, 0.3) is 5.91 Å². The summed E-state index contributed by atoms with van der Waals surface area (Å²) in [6.07, 6.45) is 5.53. The zero-order chi connectivity index (χ0) is 24.2. The van der Waals surface area contributed by atoms with Crippen molar-refractivity contribution in [2.75, 3.05) is 13.2 Å². The molecular formula is C28H35N3O3. The number of amides is 1. The van der Waals surface area contributed by atoms with Crippen LogP contribution >= 0.6 is 0 Å². The number of aryl methyl sites for hydroxylation is 2. The van der Waals surface area contributed by atoms with Gasteiger partial charge in [-0.2, -0.15) is 5.10 Å². The van der Waals surface area contributed by atoms with E-state index in [0.717, 1.165) is 40.8 Å². The summed E-state index contributed by atoms with van der Waals surface area (Å²) in [7, 11) is 0. The van der Waals surface area contributed by atoms with E-state index >= 15 is 0 Å². The molecule has 0 bridgehead atoms. The van der Waals surface area contributed by atoms with Crippen LogP contribution in [0.3, 0.4) is 0 Å². The smallest absolute Gasteiger partial charge is 0.273 e. The molecule has 1 amide bonds. The van der Waals surface area contributed by atoms with Crippen molar-refractivity contribution in [3.63, 3.8) is 0 Å². The molecule has 6 nitrogen and oxygen atoms in total. The number of nitrogens with one attached hydrogen (secondary N) is 1. The van der Waals surface area contributed by atoms with Gasteiger partial charge in [-0.3, -0.25) is 9.89 Å². The van der Waals surface area contributed by atoms with Crippen LogP contribution in [0.2, 0.25) is 0 Å². The van der Waals surface area contributed by atoms with Crippen molar-refractivity contribution in [3.05, 3.63) is 64.3 Å². The highest BCUT2D eigenvalue weighted by Gasteiger charge is 2.42. The van der Waals surface area contributed by atoms with Crippen LogP contribution in [0, 0.1) is 13.8 Å². The maximum atomic E-state index is 13.3. The molecule has 1 unspecified atom stereocenters. The number of phenols is 1. The molecule has 4 rings (SSSR count). The van der Waals surface area contributed by atoms with Gasteiger partial charge in [-0.1, -0.05) is 51.3 Å². The summed E-state index contributed by atoms with van der Waals surface area (Å²) in [5, 5.41) is 18.3. The van der Waals surface area contributed by atoms with Crippen LogP contribution in [0.1, 0.15) is 84.7 Å². The number of carbonyl (C=O) groups excluding carboxylic acids is 1. The summed E-state index contributed by atoms with van der Waals surface area (Å²) in [5.74, 6) is 0.985. The number of aromatic hydroxyl groups is 1. The fraction of sp³-hybridized carbons (Fsp3) is 0.429. The third kappa shape index (κ3) is 4.54. The second-order valence-corrected chi connectivity index (χ2v) is 9.22. The molecule has 1 atom stereocenters.